The molecule has 1 aromatic heterocycles. The average molecular weight is 412 g/mol. The van der Waals surface area contributed by atoms with Crippen molar-refractivity contribution in [1.29, 1.82) is 0 Å². The molecule has 0 aliphatic carbocycles. The van der Waals surface area contributed by atoms with Gasteiger partial charge in [-0.3, -0.25) is 9.69 Å². The minimum absolute atomic E-state index is 0.0720. The van der Waals surface area contributed by atoms with Crippen LogP contribution in [0.3, 0.4) is 0 Å². The Hall–Kier alpha value is -2.42. The Morgan fingerprint density at radius 1 is 1.20 bits per heavy atom. The van der Waals surface area contributed by atoms with Gasteiger partial charge in [-0.1, -0.05) is 29.8 Å². The van der Waals surface area contributed by atoms with Crippen LogP contribution < -0.4 is 10.7 Å². The molecule has 160 valence electrons. The minimum atomic E-state index is -0.143. The lowest BCUT2D eigenvalue weighted by Crippen LogP contribution is -2.61. The predicted octanol–water partition coefficient (Wildman–Crippen LogP) is 1.60. The highest BCUT2D eigenvalue weighted by Crippen LogP contribution is 2.27. The lowest BCUT2D eigenvalue weighted by molar-refractivity contribution is -0.0645. The van der Waals surface area contributed by atoms with Crippen LogP contribution in [0.15, 0.2) is 30.5 Å². The Labute approximate surface area is 176 Å². The number of ether oxygens (including phenoxy) is 2. The number of carbonyl (C=O) groups is 1. The van der Waals surface area contributed by atoms with E-state index in [1.165, 1.54) is 11.1 Å². The third-order valence-electron chi connectivity index (χ3n) is 6.17. The van der Waals surface area contributed by atoms with Crippen LogP contribution in [0.1, 0.15) is 46.2 Å². The van der Waals surface area contributed by atoms with E-state index in [1.54, 1.807) is 6.20 Å². The number of amides is 1. The molecule has 2 aromatic rings. The van der Waals surface area contributed by atoms with Gasteiger partial charge >= 0.3 is 0 Å². The number of likely N-dealkylation sites (tertiary alicyclic amines) is 1. The summed E-state index contributed by atoms with van der Waals surface area (Å²) in [5.41, 5.74) is 6.49. The van der Waals surface area contributed by atoms with Crippen LogP contribution in [0.5, 0.6) is 0 Å². The van der Waals surface area contributed by atoms with Gasteiger partial charge < -0.3 is 20.2 Å². The Morgan fingerprint density at radius 3 is 2.73 bits per heavy atom. The zero-order valence-corrected chi connectivity index (χ0v) is 17.3. The number of hydrogen-bond acceptors (Lipinski definition) is 6. The highest BCUT2D eigenvalue weighted by molar-refractivity contribution is 5.93. The van der Waals surface area contributed by atoms with Gasteiger partial charge in [0.15, 0.2) is 0 Å². The first-order chi connectivity index (χ1) is 14.7. The number of rotatable bonds is 6. The van der Waals surface area contributed by atoms with E-state index in [0.29, 0.717) is 18.2 Å². The van der Waals surface area contributed by atoms with Crippen LogP contribution >= 0.6 is 0 Å². The summed E-state index contributed by atoms with van der Waals surface area (Å²) >= 11 is 0. The van der Waals surface area contributed by atoms with Crippen LogP contribution in [0.2, 0.25) is 0 Å². The second-order valence-corrected chi connectivity index (χ2v) is 8.52. The zero-order valence-electron chi connectivity index (χ0n) is 17.3. The van der Waals surface area contributed by atoms with Crippen LogP contribution in [-0.4, -0.2) is 65.6 Å². The maximum absolute atomic E-state index is 12.5. The first-order valence-corrected chi connectivity index (χ1v) is 10.8. The van der Waals surface area contributed by atoms with Gasteiger partial charge in [0.1, 0.15) is 17.7 Å². The predicted molar refractivity (Wildman–Crippen MR) is 112 cm³/mol. The van der Waals surface area contributed by atoms with Gasteiger partial charge in [-0.05, 0) is 25.3 Å². The van der Waals surface area contributed by atoms with E-state index in [-0.39, 0.29) is 18.2 Å². The van der Waals surface area contributed by atoms with E-state index >= 15 is 0 Å². The van der Waals surface area contributed by atoms with Crippen molar-refractivity contribution < 1.29 is 14.3 Å². The number of imidazole rings is 1. The molecule has 1 aromatic carbocycles. The second kappa shape index (κ2) is 8.37. The minimum Gasteiger partial charge on any atom is -0.381 e. The summed E-state index contributed by atoms with van der Waals surface area (Å²) in [4.78, 5) is 19.4. The van der Waals surface area contributed by atoms with Crippen molar-refractivity contribution in [3.05, 3.63) is 53.1 Å². The third kappa shape index (κ3) is 4.08. The molecule has 1 unspecified atom stereocenters. The Kier molecular flexibility index (Phi) is 5.45. The molecule has 8 nitrogen and oxygen atoms in total. The van der Waals surface area contributed by atoms with Gasteiger partial charge in [0.2, 0.25) is 0 Å². The third-order valence-corrected chi connectivity index (χ3v) is 6.17. The lowest BCUT2D eigenvalue weighted by Gasteiger charge is -2.42. The van der Waals surface area contributed by atoms with Crippen molar-refractivity contribution in [2.75, 3.05) is 38.3 Å². The van der Waals surface area contributed by atoms with Gasteiger partial charge in [0.25, 0.3) is 5.91 Å². The fraction of sp³-hybridized carbons (Fsp3) is 0.545. The molecular formula is C22H29N5O3. The van der Waals surface area contributed by atoms with E-state index in [4.69, 9.17) is 9.47 Å². The number of aromatic nitrogens is 2. The highest BCUT2D eigenvalue weighted by atomic mass is 16.5. The van der Waals surface area contributed by atoms with Gasteiger partial charge in [-0.2, -0.15) is 0 Å². The number of benzene rings is 1. The molecule has 5 rings (SSSR count). The average Bonchev–Trinajstić information content (AvgIpc) is 3.16. The molecule has 0 spiro atoms. The van der Waals surface area contributed by atoms with Crippen molar-refractivity contribution >= 4 is 5.91 Å². The Morgan fingerprint density at radius 2 is 1.97 bits per heavy atom. The summed E-state index contributed by atoms with van der Waals surface area (Å²) in [5, 5.41) is 3.05. The molecule has 3 aliphatic heterocycles. The summed E-state index contributed by atoms with van der Waals surface area (Å²) in [6.45, 7) is 6.73. The fourth-order valence-electron chi connectivity index (χ4n) is 4.35. The van der Waals surface area contributed by atoms with Crippen LogP contribution in [0, 0.1) is 6.92 Å². The monoisotopic (exact) mass is 411 g/mol. The standard InChI is InChI=1S/C22H29N5O3/c1-15-2-4-16(5-3-15)14-30-18-11-26(12-18)13-20-24-22(28)19-10-23-21(27(19)25-20)17-6-8-29-9-7-17/h2-5,10,17-18,20,25H,6-9,11-14H2,1H3,(H,24,28). The molecule has 0 bridgehead atoms. The van der Waals surface area contributed by atoms with Gasteiger partial charge in [0.05, 0.1) is 18.9 Å². The summed E-state index contributed by atoms with van der Waals surface area (Å²) in [6.07, 6.45) is 3.65. The van der Waals surface area contributed by atoms with Gasteiger partial charge in [-0.25, -0.2) is 9.66 Å². The first kappa shape index (κ1) is 19.5. The van der Waals surface area contributed by atoms with Gasteiger partial charge in [-0.15, -0.1) is 0 Å². The summed E-state index contributed by atoms with van der Waals surface area (Å²) in [6, 6.07) is 8.46. The maximum Gasteiger partial charge on any atom is 0.273 e. The number of fused-ring (bicyclic) bond motifs is 1. The first-order valence-electron chi connectivity index (χ1n) is 10.8. The molecule has 30 heavy (non-hydrogen) atoms. The van der Waals surface area contributed by atoms with Gasteiger partial charge in [0, 0.05) is 38.8 Å². The van der Waals surface area contributed by atoms with E-state index in [1.807, 2.05) is 4.68 Å². The zero-order chi connectivity index (χ0) is 20.5. The number of aryl methyl sites for hydroxylation is 1. The van der Waals surface area contributed by atoms with E-state index in [9.17, 15) is 4.79 Å². The largest absolute Gasteiger partial charge is 0.381 e. The number of carbonyl (C=O) groups excluding carboxylic acids is 1. The normalized spacial score (nSPS) is 22.8. The highest BCUT2D eigenvalue weighted by Gasteiger charge is 2.34. The fourth-order valence-corrected chi connectivity index (χ4v) is 4.35. The van der Waals surface area contributed by atoms with Crippen LogP contribution in [0.25, 0.3) is 0 Å². The molecular weight excluding hydrogens is 382 g/mol. The number of nitrogens with one attached hydrogen (secondary N) is 2. The van der Waals surface area contributed by atoms with Crippen LogP contribution in [-0.2, 0) is 16.1 Å². The number of hydrogen-bond donors (Lipinski definition) is 2. The maximum atomic E-state index is 12.5. The van der Waals surface area contributed by atoms with Crippen molar-refractivity contribution in [2.24, 2.45) is 0 Å². The molecule has 8 heteroatoms. The van der Waals surface area contributed by atoms with Crippen LogP contribution in [0.4, 0.5) is 0 Å². The molecule has 1 amide bonds. The molecule has 4 heterocycles. The molecule has 2 N–H and O–H groups in total. The molecule has 1 atom stereocenters. The molecule has 0 saturated carbocycles. The topological polar surface area (TPSA) is 80.7 Å². The Balaban J connectivity index is 1.13. The lowest BCUT2D eigenvalue weighted by atomic mass is 10.00. The summed E-state index contributed by atoms with van der Waals surface area (Å²) < 4.78 is 13.4. The van der Waals surface area contributed by atoms with E-state index in [0.717, 1.165) is 51.5 Å². The molecule has 0 radical (unpaired) electrons. The summed E-state index contributed by atoms with van der Waals surface area (Å²) in [5.74, 6) is 1.20. The van der Waals surface area contributed by atoms with E-state index in [2.05, 4.69) is 51.8 Å². The second-order valence-electron chi connectivity index (χ2n) is 8.52. The molecule has 2 fully saturated rings. The number of nitrogens with zero attached hydrogens (tertiary/aromatic N) is 3. The molecule has 3 aliphatic rings. The van der Waals surface area contributed by atoms with Crippen molar-refractivity contribution in [2.45, 2.75) is 44.6 Å². The quantitative estimate of drug-likeness (QED) is 0.752. The van der Waals surface area contributed by atoms with Crippen molar-refractivity contribution in [1.82, 2.24) is 19.9 Å². The Bertz CT molecular complexity index is 885. The van der Waals surface area contributed by atoms with Crippen molar-refractivity contribution in [3.63, 3.8) is 0 Å². The smallest absolute Gasteiger partial charge is 0.273 e. The van der Waals surface area contributed by atoms with Crippen molar-refractivity contribution in [3.8, 4) is 0 Å². The van der Waals surface area contributed by atoms with E-state index < -0.39 is 0 Å². The SMILES string of the molecule is Cc1ccc(COC2CN(CC3NC(=O)c4cnc(C5CCOCC5)n4N3)C2)cc1. The summed E-state index contributed by atoms with van der Waals surface area (Å²) in [7, 11) is 0. The molecule has 2 saturated heterocycles.